The second-order valence-corrected chi connectivity index (χ2v) is 9.41. The number of amides is 1. The highest BCUT2D eigenvalue weighted by molar-refractivity contribution is 7.89. The second-order valence-electron chi connectivity index (χ2n) is 6.85. The zero-order valence-electron chi connectivity index (χ0n) is 17.3. The average Bonchev–Trinajstić information content (AvgIpc) is 2.98. The van der Waals surface area contributed by atoms with Gasteiger partial charge in [-0.3, -0.25) is 4.79 Å². The van der Waals surface area contributed by atoms with Gasteiger partial charge in [0.1, 0.15) is 5.75 Å². The summed E-state index contributed by atoms with van der Waals surface area (Å²) in [5.41, 5.74) is 0.886. The van der Waals surface area contributed by atoms with Crippen LogP contribution in [0.1, 0.15) is 12.0 Å². The molecule has 1 aliphatic rings. The number of hydrogen-bond acceptors (Lipinski definition) is 6. The minimum absolute atomic E-state index is 0.0345. The summed E-state index contributed by atoms with van der Waals surface area (Å²) < 4.78 is 42.3. The number of nitrogens with one attached hydrogen (secondary N) is 1. The van der Waals surface area contributed by atoms with Crippen LogP contribution < -0.4 is 19.5 Å². The lowest BCUT2D eigenvalue weighted by Gasteiger charge is -2.14. The molecule has 0 saturated heterocycles. The topological polar surface area (TPSA) is 94.2 Å². The van der Waals surface area contributed by atoms with Gasteiger partial charge in [-0.15, -0.1) is 0 Å². The van der Waals surface area contributed by atoms with Crippen molar-refractivity contribution in [2.24, 2.45) is 0 Å². The third kappa shape index (κ3) is 5.30. The van der Waals surface area contributed by atoms with Crippen LogP contribution >= 0.6 is 11.6 Å². The van der Waals surface area contributed by atoms with Crippen LogP contribution in [-0.4, -0.2) is 53.0 Å². The van der Waals surface area contributed by atoms with Crippen LogP contribution in [0.3, 0.4) is 0 Å². The molecule has 2 aromatic carbocycles. The van der Waals surface area contributed by atoms with E-state index >= 15 is 0 Å². The van der Waals surface area contributed by atoms with Gasteiger partial charge >= 0.3 is 0 Å². The quantitative estimate of drug-likeness (QED) is 0.655. The van der Waals surface area contributed by atoms with E-state index in [9.17, 15) is 13.2 Å². The Morgan fingerprint density at radius 3 is 2.65 bits per heavy atom. The number of fused-ring (bicyclic) bond motifs is 1. The fraction of sp³-hybridized carbons (Fsp3) is 0.286. The van der Waals surface area contributed by atoms with E-state index < -0.39 is 15.9 Å². The number of rotatable bonds is 6. The van der Waals surface area contributed by atoms with E-state index in [1.807, 2.05) is 0 Å². The summed E-state index contributed by atoms with van der Waals surface area (Å²) in [4.78, 5) is 12.5. The Labute approximate surface area is 186 Å². The van der Waals surface area contributed by atoms with Crippen LogP contribution in [0.5, 0.6) is 17.2 Å². The van der Waals surface area contributed by atoms with Crippen molar-refractivity contribution in [2.45, 2.75) is 11.3 Å². The van der Waals surface area contributed by atoms with Crippen LogP contribution in [-0.2, 0) is 14.8 Å². The summed E-state index contributed by atoms with van der Waals surface area (Å²) in [5.74, 6) is 0.872. The van der Waals surface area contributed by atoms with Gasteiger partial charge < -0.3 is 19.5 Å². The molecule has 1 N–H and O–H groups in total. The molecule has 1 heterocycles. The molecule has 1 amide bonds. The molecule has 0 unspecified atom stereocenters. The predicted molar refractivity (Wildman–Crippen MR) is 119 cm³/mol. The Morgan fingerprint density at radius 1 is 1.19 bits per heavy atom. The van der Waals surface area contributed by atoms with Crippen molar-refractivity contribution < 1.29 is 27.4 Å². The van der Waals surface area contributed by atoms with Gasteiger partial charge in [0.15, 0.2) is 11.5 Å². The molecule has 0 aliphatic carbocycles. The zero-order chi connectivity index (χ0) is 22.6. The molecule has 3 rings (SSSR count). The zero-order valence-corrected chi connectivity index (χ0v) is 18.9. The van der Waals surface area contributed by atoms with E-state index in [1.54, 1.807) is 18.2 Å². The van der Waals surface area contributed by atoms with Gasteiger partial charge in [-0.2, -0.15) is 0 Å². The molecule has 0 bridgehead atoms. The van der Waals surface area contributed by atoms with Crippen molar-refractivity contribution in [3.05, 3.63) is 47.0 Å². The number of carbonyl (C=O) groups excluding carboxylic acids is 1. The monoisotopic (exact) mass is 466 g/mol. The maximum atomic E-state index is 12.5. The fourth-order valence-corrected chi connectivity index (χ4v) is 4.05. The number of sulfonamides is 1. The summed E-state index contributed by atoms with van der Waals surface area (Å²) in [6.45, 7) is 1.04. The number of benzene rings is 2. The first-order valence-corrected chi connectivity index (χ1v) is 11.2. The standard InChI is InChI=1S/C21H23ClN2O6S/c1-24(2)31(26,27)15-6-7-18(28-3)17(13-15)23-20(25)8-5-14-11-16(22)21-19(12-14)29-9-4-10-30-21/h5-8,11-13H,4,9-10H2,1-3H3,(H,23,25). The molecule has 0 saturated carbocycles. The molecule has 8 nitrogen and oxygen atoms in total. The smallest absolute Gasteiger partial charge is 0.248 e. The molecular formula is C21H23ClN2O6S. The van der Waals surface area contributed by atoms with Crippen molar-refractivity contribution in [3.63, 3.8) is 0 Å². The number of methoxy groups -OCH3 is 1. The van der Waals surface area contributed by atoms with E-state index in [1.165, 1.54) is 45.5 Å². The van der Waals surface area contributed by atoms with Gasteiger partial charge in [-0.05, 0) is 42.0 Å². The first-order chi connectivity index (χ1) is 14.7. The van der Waals surface area contributed by atoms with E-state index in [-0.39, 0.29) is 10.6 Å². The number of halogens is 1. The summed E-state index contributed by atoms with van der Waals surface area (Å²) in [5, 5.41) is 3.04. The number of nitrogens with zero attached hydrogens (tertiary/aromatic N) is 1. The molecule has 0 atom stereocenters. The predicted octanol–water partition coefficient (Wildman–Crippen LogP) is 3.41. The Balaban J connectivity index is 1.81. The maximum Gasteiger partial charge on any atom is 0.248 e. The lowest BCUT2D eigenvalue weighted by Crippen LogP contribution is -2.22. The van der Waals surface area contributed by atoms with E-state index in [4.69, 9.17) is 25.8 Å². The Morgan fingerprint density at radius 2 is 1.94 bits per heavy atom. The Bertz CT molecular complexity index is 1120. The Kier molecular flexibility index (Phi) is 7.09. The summed E-state index contributed by atoms with van der Waals surface area (Å²) >= 11 is 6.27. The van der Waals surface area contributed by atoms with Gasteiger partial charge in [-0.25, -0.2) is 12.7 Å². The van der Waals surface area contributed by atoms with Gasteiger partial charge in [0.05, 0.1) is 35.9 Å². The largest absolute Gasteiger partial charge is 0.495 e. The molecule has 31 heavy (non-hydrogen) atoms. The highest BCUT2D eigenvalue weighted by Crippen LogP contribution is 2.38. The normalized spacial score (nSPS) is 13.8. The number of anilines is 1. The molecule has 2 aromatic rings. The van der Waals surface area contributed by atoms with Crippen LogP contribution in [0, 0.1) is 0 Å². The number of hydrogen-bond donors (Lipinski definition) is 1. The van der Waals surface area contributed by atoms with E-state index in [0.29, 0.717) is 41.0 Å². The molecule has 166 valence electrons. The van der Waals surface area contributed by atoms with Crippen LogP contribution in [0.4, 0.5) is 5.69 Å². The fourth-order valence-electron chi connectivity index (χ4n) is 2.85. The van der Waals surface area contributed by atoms with Gasteiger partial charge in [-0.1, -0.05) is 11.6 Å². The Hall–Kier alpha value is -2.75. The van der Waals surface area contributed by atoms with E-state index in [2.05, 4.69) is 5.32 Å². The number of carbonyl (C=O) groups is 1. The summed E-state index contributed by atoms with van der Waals surface area (Å²) in [7, 11) is 0.630. The van der Waals surface area contributed by atoms with Gasteiger partial charge in [0, 0.05) is 26.6 Å². The van der Waals surface area contributed by atoms with Crippen LogP contribution in [0.25, 0.3) is 6.08 Å². The third-order valence-electron chi connectivity index (χ3n) is 4.46. The van der Waals surface area contributed by atoms with Gasteiger partial charge in [0.25, 0.3) is 0 Å². The van der Waals surface area contributed by atoms with Crippen molar-refractivity contribution in [2.75, 3.05) is 39.7 Å². The second kappa shape index (κ2) is 9.59. The molecule has 0 radical (unpaired) electrons. The minimum Gasteiger partial charge on any atom is -0.495 e. The van der Waals surface area contributed by atoms with Crippen molar-refractivity contribution in [1.29, 1.82) is 0 Å². The molecule has 0 aromatic heterocycles. The first-order valence-electron chi connectivity index (χ1n) is 9.41. The van der Waals surface area contributed by atoms with Gasteiger partial charge in [0.2, 0.25) is 15.9 Å². The lowest BCUT2D eigenvalue weighted by molar-refractivity contribution is -0.111. The minimum atomic E-state index is -3.66. The highest BCUT2D eigenvalue weighted by atomic mass is 35.5. The molecule has 0 spiro atoms. The van der Waals surface area contributed by atoms with E-state index in [0.717, 1.165) is 10.7 Å². The van der Waals surface area contributed by atoms with Crippen molar-refractivity contribution >= 4 is 39.3 Å². The number of ether oxygens (including phenoxy) is 3. The molecule has 0 fully saturated rings. The molecule has 1 aliphatic heterocycles. The SMILES string of the molecule is COc1ccc(S(=O)(=O)N(C)C)cc1NC(=O)C=Cc1cc(Cl)c2c(c1)OCCCO2. The highest BCUT2D eigenvalue weighted by Gasteiger charge is 2.20. The molecule has 10 heteroatoms. The first kappa shape index (κ1) is 22.9. The van der Waals surface area contributed by atoms with Crippen LogP contribution in [0.2, 0.25) is 5.02 Å². The maximum absolute atomic E-state index is 12.5. The summed E-state index contributed by atoms with van der Waals surface area (Å²) in [6, 6.07) is 7.66. The average molecular weight is 467 g/mol. The van der Waals surface area contributed by atoms with Crippen molar-refractivity contribution in [1.82, 2.24) is 4.31 Å². The third-order valence-corrected chi connectivity index (χ3v) is 6.55. The van der Waals surface area contributed by atoms with Crippen molar-refractivity contribution in [3.8, 4) is 17.2 Å². The summed E-state index contributed by atoms with van der Waals surface area (Å²) in [6.07, 6.45) is 3.63. The van der Waals surface area contributed by atoms with Crippen LogP contribution in [0.15, 0.2) is 41.3 Å². The molecular weight excluding hydrogens is 444 g/mol. The lowest BCUT2D eigenvalue weighted by atomic mass is 10.2.